The average molecular weight is 406 g/mol. The van der Waals surface area contributed by atoms with Crippen molar-refractivity contribution < 1.29 is 10.0 Å². The van der Waals surface area contributed by atoms with Crippen molar-refractivity contribution in [1.82, 2.24) is 0 Å². The summed E-state index contributed by atoms with van der Waals surface area (Å²) in [5.41, 5.74) is 6.08. The zero-order valence-corrected chi connectivity index (χ0v) is 18.7. The molecule has 2 aromatic carbocycles. The predicted molar refractivity (Wildman–Crippen MR) is 125 cm³/mol. The summed E-state index contributed by atoms with van der Waals surface area (Å²) in [6.45, 7) is 6.63. The van der Waals surface area contributed by atoms with E-state index in [9.17, 15) is 10.0 Å². The van der Waals surface area contributed by atoms with Gasteiger partial charge in [-0.2, -0.15) is 0 Å². The van der Waals surface area contributed by atoms with E-state index in [0.717, 1.165) is 51.4 Å². The zero-order valence-electron chi connectivity index (χ0n) is 18.7. The van der Waals surface area contributed by atoms with Crippen molar-refractivity contribution in [3.63, 3.8) is 0 Å². The molecule has 0 spiro atoms. The molecule has 1 aliphatic carbocycles. The summed E-state index contributed by atoms with van der Waals surface area (Å²) in [4.78, 5) is 13.1. The molecule has 0 heterocycles. The van der Waals surface area contributed by atoms with Gasteiger partial charge in [0.05, 0.1) is 0 Å². The minimum atomic E-state index is -0.144. The van der Waals surface area contributed by atoms with Crippen LogP contribution in [-0.4, -0.2) is 16.7 Å². The first kappa shape index (κ1) is 22.3. The normalized spacial score (nSPS) is 14.4. The number of Topliss-reactive ketones (excluding diaryl/α,β-unsaturated/α-hetero) is 1. The molecule has 0 aliphatic heterocycles. The van der Waals surface area contributed by atoms with Crippen molar-refractivity contribution in [3.8, 4) is 11.1 Å². The summed E-state index contributed by atoms with van der Waals surface area (Å²) >= 11 is 0. The maximum atomic E-state index is 13.1. The number of hydrogen-bond acceptors (Lipinski definition) is 3. The van der Waals surface area contributed by atoms with Crippen LogP contribution in [0.3, 0.4) is 0 Å². The van der Waals surface area contributed by atoms with Gasteiger partial charge in [-0.15, -0.1) is 0 Å². The lowest BCUT2D eigenvalue weighted by Crippen LogP contribution is -2.25. The topological polar surface area (TPSA) is 49.7 Å². The minimum Gasteiger partial charge on any atom is -0.411 e. The van der Waals surface area contributed by atoms with Crippen LogP contribution in [0.2, 0.25) is 0 Å². The highest BCUT2D eigenvalue weighted by Gasteiger charge is 2.41. The Morgan fingerprint density at radius 2 is 1.57 bits per heavy atom. The second kappa shape index (κ2) is 10.1. The number of fused-ring (bicyclic) bond motifs is 3. The Bertz CT molecular complexity index is 907. The van der Waals surface area contributed by atoms with Crippen molar-refractivity contribution in [2.75, 3.05) is 0 Å². The number of carbonyl (C=O) groups is 1. The van der Waals surface area contributed by atoms with E-state index in [2.05, 4.69) is 62.3 Å². The quantitative estimate of drug-likeness (QED) is 0.138. The first-order valence-corrected chi connectivity index (χ1v) is 11.6. The van der Waals surface area contributed by atoms with Crippen LogP contribution in [0.1, 0.15) is 100 Å². The van der Waals surface area contributed by atoms with Gasteiger partial charge in [-0.25, -0.2) is 0 Å². The number of rotatable bonds is 11. The summed E-state index contributed by atoms with van der Waals surface area (Å²) in [7, 11) is 0. The van der Waals surface area contributed by atoms with Crippen molar-refractivity contribution in [2.24, 2.45) is 5.16 Å². The fourth-order valence-electron chi connectivity index (χ4n) is 5.21. The maximum absolute atomic E-state index is 13.1. The Morgan fingerprint density at radius 1 is 0.867 bits per heavy atom. The molecule has 0 unspecified atom stereocenters. The molecule has 3 heteroatoms. The summed E-state index contributed by atoms with van der Waals surface area (Å²) in [5.74, 6) is -0.144. The van der Waals surface area contributed by atoms with E-state index in [1.807, 2.05) is 6.07 Å². The highest BCUT2D eigenvalue weighted by molar-refractivity contribution is 6.45. The van der Waals surface area contributed by atoms with Gasteiger partial charge in [0.15, 0.2) is 0 Å². The third kappa shape index (κ3) is 4.08. The molecule has 0 fully saturated rings. The van der Waals surface area contributed by atoms with Gasteiger partial charge in [-0.1, -0.05) is 94.4 Å². The van der Waals surface area contributed by atoms with E-state index >= 15 is 0 Å². The van der Waals surface area contributed by atoms with E-state index in [1.54, 1.807) is 0 Å². The zero-order chi connectivity index (χ0) is 21.6. The monoisotopic (exact) mass is 405 g/mol. The predicted octanol–water partition coefficient (Wildman–Crippen LogP) is 7.54. The molecule has 0 atom stereocenters. The molecule has 3 rings (SSSR count). The Kier molecular flexibility index (Phi) is 7.47. The van der Waals surface area contributed by atoms with E-state index in [-0.39, 0.29) is 16.9 Å². The van der Waals surface area contributed by atoms with Gasteiger partial charge >= 0.3 is 0 Å². The van der Waals surface area contributed by atoms with E-state index in [0.29, 0.717) is 12.0 Å². The fourth-order valence-corrected chi connectivity index (χ4v) is 5.21. The average Bonchev–Trinajstić information content (AvgIpc) is 3.04. The third-order valence-corrected chi connectivity index (χ3v) is 6.53. The summed E-state index contributed by atoms with van der Waals surface area (Å²) in [5, 5.41) is 12.9. The molecule has 0 saturated heterocycles. The molecule has 1 N–H and O–H groups in total. The number of benzene rings is 2. The SMILES string of the molecule is CCCCCCC(=NO)C(=O)c1ccc2c(c1)C(CCC)(CCC)c1ccccc1-2. The molecular formula is C27H35NO2. The van der Waals surface area contributed by atoms with Crippen LogP contribution in [0.4, 0.5) is 0 Å². The number of hydrogen-bond donors (Lipinski definition) is 1. The van der Waals surface area contributed by atoms with Crippen LogP contribution in [0, 0.1) is 0 Å². The van der Waals surface area contributed by atoms with Crippen LogP contribution in [0.5, 0.6) is 0 Å². The molecule has 0 radical (unpaired) electrons. The largest absolute Gasteiger partial charge is 0.411 e. The number of carbonyl (C=O) groups excluding carboxylic acids is 1. The number of unbranched alkanes of at least 4 members (excludes halogenated alkanes) is 3. The number of nitrogens with zero attached hydrogens (tertiary/aromatic N) is 1. The molecule has 0 aromatic heterocycles. The molecule has 0 amide bonds. The molecular weight excluding hydrogens is 370 g/mol. The van der Waals surface area contributed by atoms with Crippen molar-refractivity contribution in [3.05, 3.63) is 59.2 Å². The van der Waals surface area contributed by atoms with Gasteiger partial charge < -0.3 is 5.21 Å². The van der Waals surface area contributed by atoms with Crippen molar-refractivity contribution in [2.45, 2.75) is 84.0 Å². The van der Waals surface area contributed by atoms with Gasteiger partial charge in [0, 0.05) is 11.0 Å². The van der Waals surface area contributed by atoms with E-state index in [4.69, 9.17) is 0 Å². The smallest absolute Gasteiger partial charge is 0.210 e. The second-order valence-electron chi connectivity index (χ2n) is 8.57. The highest BCUT2D eigenvalue weighted by Crippen LogP contribution is 2.53. The molecule has 3 nitrogen and oxygen atoms in total. The van der Waals surface area contributed by atoms with E-state index < -0.39 is 0 Å². The maximum Gasteiger partial charge on any atom is 0.210 e. The standard InChI is InChI=1S/C27H35NO2/c1-4-7-8-9-14-25(28-30)26(29)20-15-16-22-21-12-10-11-13-23(21)27(17-5-2,18-6-3)24(22)19-20/h10-13,15-16,19,30H,4-9,14,17-18H2,1-3H3. The van der Waals surface area contributed by atoms with Crippen molar-refractivity contribution in [1.29, 1.82) is 0 Å². The van der Waals surface area contributed by atoms with Crippen LogP contribution < -0.4 is 0 Å². The fraction of sp³-hybridized carbons (Fsp3) is 0.481. The minimum absolute atomic E-state index is 0.0383. The van der Waals surface area contributed by atoms with Crippen LogP contribution in [0.15, 0.2) is 47.6 Å². The van der Waals surface area contributed by atoms with Crippen LogP contribution in [0.25, 0.3) is 11.1 Å². The molecule has 0 bridgehead atoms. The Morgan fingerprint density at radius 3 is 2.23 bits per heavy atom. The summed E-state index contributed by atoms with van der Waals surface area (Å²) in [6.07, 6.45) is 9.06. The molecule has 1 aliphatic rings. The first-order valence-electron chi connectivity index (χ1n) is 11.6. The molecule has 30 heavy (non-hydrogen) atoms. The van der Waals surface area contributed by atoms with Gasteiger partial charge in [-0.05, 0) is 54.0 Å². The van der Waals surface area contributed by atoms with Crippen molar-refractivity contribution >= 4 is 11.5 Å². The Balaban J connectivity index is 1.99. The molecule has 160 valence electrons. The first-order chi connectivity index (χ1) is 14.6. The summed E-state index contributed by atoms with van der Waals surface area (Å²) in [6, 6.07) is 14.8. The van der Waals surface area contributed by atoms with Crippen LogP contribution >= 0.6 is 0 Å². The number of oxime groups is 1. The van der Waals surface area contributed by atoms with Gasteiger partial charge in [0.2, 0.25) is 5.78 Å². The summed E-state index contributed by atoms with van der Waals surface area (Å²) < 4.78 is 0. The van der Waals surface area contributed by atoms with Gasteiger partial charge in [0.25, 0.3) is 0 Å². The molecule has 0 saturated carbocycles. The second-order valence-corrected chi connectivity index (χ2v) is 8.57. The lowest BCUT2D eigenvalue weighted by molar-refractivity contribution is 0.105. The Hall–Kier alpha value is -2.42. The van der Waals surface area contributed by atoms with Crippen LogP contribution in [-0.2, 0) is 5.41 Å². The van der Waals surface area contributed by atoms with Gasteiger partial charge in [0.1, 0.15) is 5.71 Å². The Labute approximate surface area is 181 Å². The third-order valence-electron chi connectivity index (χ3n) is 6.53. The van der Waals surface area contributed by atoms with Gasteiger partial charge in [-0.3, -0.25) is 4.79 Å². The van der Waals surface area contributed by atoms with E-state index in [1.165, 1.54) is 22.3 Å². The number of ketones is 1. The molecule has 2 aromatic rings. The lowest BCUT2D eigenvalue weighted by atomic mass is 9.71. The highest BCUT2D eigenvalue weighted by atomic mass is 16.4. The lowest BCUT2D eigenvalue weighted by Gasteiger charge is -2.32.